The first-order valence-corrected chi connectivity index (χ1v) is 12.0. The van der Waals surface area contributed by atoms with Gasteiger partial charge < -0.3 is 9.88 Å². The van der Waals surface area contributed by atoms with Gasteiger partial charge in [0.2, 0.25) is 0 Å². The Morgan fingerprint density at radius 1 is 1.00 bits per heavy atom. The number of aromatic amines is 1. The van der Waals surface area contributed by atoms with Gasteiger partial charge in [-0.3, -0.25) is 10.1 Å². The largest absolute Gasteiger partial charge is 0.378 e. The van der Waals surface area contributed by atoms with Crippen LogP contribution in [0.4, 0.5) is 11.4 Å². The van der Waals surface area contributed by atoms with Gasteiger partial charge in [-0.2, -0.15) is 17.6 Å². The van der Waals surface area contributed by atoms with Crippen LogP contribution < -0.4 is 4.90 Å². The zero-order valence-corrected chi connectivity index (χ0v) is 19.6. The predicted molar refractivity (Wildman–Crippen MR) is 133 cm³/mol. The molecule has 0 saturated heterocycles. The number of nitrogens with zero attached hydrogens (tertiary/aromatic N) is 5. The maximum absolute atomic E-state index is 13.1. The smallest absolute Gasteiger partial charge is 0.289 e. The maximum Gasteiger partial charge on any atom is 0.289 e. The second-order valence-corrected chi connectivity index (χ2v) is 9.86. The average molecular weight is 489 g/mol. The number of hydrogen-bond donors (Lipinski definition) is 1. The molecule has 0 aliphatic rings. The second-order valence-electron chi connectivity index (χ2n) is 8.10. The van der Waals surface area contributed by atoms with Gasteiger partial charge in [0, 0.05) is 60.3 Å². The van der Waals surface area contributed by atoms with E-state index < -0.39 is 25.5 Å². The van der Waals surface area contributed by atoms with Gasteiger partial charge in [-0.1, -0.05) is 24.3 Å². The van der Waals surface area contributed by atoms with Crippen molar-refractivity contribution in [1.29, 1.82) is 0 Å². The van der Waals surface area contributed by atoms with Crippen LogP contribution in [-0.2, 0) is 10.0 Å². The minimum Gasteiger partial charge on any atom is -0.378 e. The van der Waals surface area contributed by atoms with Crippen molar-refractivity contribution in [3.63, 3.8) is 0 Å². The fourth-order valence-electron chi connectivity index (χ4n) is 3.85. The van der Waals surface area contributed by atoms with Crippen molar-refractivity contribution < 1.29 is 13.3 Å². The zero-order valence-electron chi connectivity index (χ0n) is 18.8. The molecule has 0 spiro atoms. The molecule has 1 N–H and O–H groups in total. The summed E-state index contributed by atoms with van der Waals surface area (Å²) in [7, 11) is -0.312. The van der Waals surface area contributed by atoms with Crippen molar-refractivity contribution in [2.75, 3.05) is 19.0 Å². The maximum atomic E-state index is 13.1. The van der Waals surface area contributed by atoms with Crippen molar-refractivity contribution in [1.82, 2.24) is 19.2 Å². The predicted octanol–water partition coefficient (Wildman–Crippen LogP) is 4.30. The van der Waals surface area contributed by atoms with Gasteiger partial charge in [0.25, 0.3) is 15.7 Å². The molecule has 0 unspecified atom stereocenters. The Morgan fingerprint density at radius 2 is 1.74 bits per heavy atom. The highest BCUT2D eigenvalue weighted by atomic mass is 32.2. The molecule has 0 fully saturated rings. The van der Waals surface area contributed by atoms with Gasteiger partial charge in [-0.05, 0) is 29.8 Å². The Bertz CT molecular complexity index is 1670. The highest BCUT2D eigenvalue weighted by Gasteiger charge is 2.28. The van der Waals surface area contributed by atoms with E-state index in [4.69, 9.17) is 0 Å². The van der Waals surface area contributed by atoms with Crippen LogP contribution in [0.3, 0.4) is 0 Å². The highest BCUT2D eigenvalue weighted by molar-refractivity contribution is 7.90. The molecule has 0 radical (unpaired) electrons. The van der Waals surface area contributed by atoms with Crippen LogP contribution in [0.25, 0.3) is 33.3 Å². The summed E-state index contributed by atoms with van der Waals surface area (Å²) in [4.78, 5) is 19.8. The summed E-state index contributed by atoms with van der Waals surface area (Å²) in [5, 5.41) is 16.1. The molecule has 176 valence electrons. The third-order valence-electron chi connectivity index (χ3n) is 5.71. The van der Waals surface area contributed by atoms with Gasteiger partial charge >= 0.3 is 0 Å². The first-order chi connectivity index (χ1) is 16.8. The molecule has 2 aromatic carbocycles. The first kappa shape index (κ1) is 22.3. The summed E-state index contributed by atoms with van der Waals surface area (Å²) in [6.45, 7) is 0. The average Bonchev–Trinajstić information content (AvgIpc) is 3.51. The number of benzene rings is 2. The Labute approximate surface area is 200 Å². The summed E-state index contributed by atoms with van der Waals surface area (Å²) in [5.41, 5.74) is 4.35. The number of rotatable bonds is 6. The first-order valence-electron chi connectivity index (χ1n) is 10.5. The van der Waals surface area contributed by atoms with E-state index in [1.54, 1.807) is 12.4 Å². The van der Waals surface area contributed by atoms with Crippen LogP contribution in [0.15, 0.2) is 84.3 Å². The minimum absolute atomic E-state index is 0.427. The van der Waals surface area contributed by atoms with E-state index in [2.05, 4.69) is 15.1 Å². The third kappa shape index (κ3) is 3.91. The van der Waals surface area contributed by atoms with E-state index in [0.29, 0.717) is 16.8 Å². The number of fused-ring (bicyclic) bond motifs is 1. The number of hydrogen-bond acceptors (Lipinski definition) is 7. The van der Waals surface area contributed by atoms with E-state index in [1.165, 1.54) is 30.6 Å². The number of nitrogens with one attached hydrogen (secondary N) is 1. The van der Waals surface area contributed by atoms with E-state index in [9.17, 15) is 18.5 Å². The third-order valence-corrected chi connectivity index (χ3v) is 7.30. The lowest BCUT2D eigenvalue weighted by molar-refractivity contribution is -0.387. The normalized spacial score (nSPS) is 11.6. The lowest BCUT2D eigenvalue weighted by Gasteiger charge is -2.12. The molecule has 0 aliphatic heterocycles. The highest BCUT2D eigenvalue weighted by Crippen LogP contribution is 2.32. The molecule has 5 aromatic rings. The Kier molecular flexibility index (Phi) is 5.33. The Hall–Kier alpha value is -4.51. The number of pyridine rings is 1. The fourth-order valence-corrected chi connectivity index (χ4v) is 5.14. The molecule has 0 saturated carbocycles. The summed E-state index contributed by atoms with van der Waals surface area (Å²) >= 11 is 0. The minimum atomic E-state index is -4.27. The molecule has 11 heteroatoms. The quantitative estimate of drug-likeness (QED) is 0.279. The number of nitro benzene ring substituents is 1. The van der Waals surface area contributed by atoms with Crippen LogP contribution >= 0.6 is 0 Å². The van der Waals surface area contributed by atoms with Crippen LogP contribution in [0.1, 0.15) is 0 Å². The molecule has 3 aromatic heterocycles. The molecule has 10 nitrogen and oxygen atoms in total. The summed E-state index contributed by atoms with van der Waals surface area (Å²) < 4.78 is 26.9. The molecule has 0 amide bonds. The molecule has 5 rings (SSSR count). The second kappa shape index (κ2) is 8.37. The Morgan fingerprint density at radius 3 is 2.46 bits per heavy atom. The lowest BCUT2D eigenvalue weighted by atomic mass is 10.0. The van der Waals surface area contributed by atoms with Gasteiger partial charge in [0.15, 0.2) is 4.90 Å². The van der Waals surface area contributed by atoms with Crippen molar-refractivity contribution in [3.05, 3.63) is 89.5 Å². The standard InChI is InChI=1S/C24H20N6O4S/c1-28(2)19-9-7-16(8-10-19)17-11-20-21(14-26-24(20)25-12-17)18-13-27-29(15-18)35(33,34)23-6-4-3-5-22(23)30(31)32/h3-15H,1-2H3,(H,25,26). The number of para-hydroxylation sites is 1. The van der Waals surface area contributed by atoms with Crippen molar-refractivity contribution >= 4 is 32.4 Å². The van der Waals surface area contributed by atoms with Crippen molar-refractivity contribution in [3.8, 4) is 22.3 Å². The molecule has 3 heterocycles. The number of H-pyrrole nitrogens is 1. The molecule has 35 heavy (non-hydrogen) atoms. The number of anilines is 1. The van der Waals surface area contributed by atoms with E-state index >= 15 is 0 Å². The summed E-state index contributed by atoms with van der Waals surface area (Å²) in [6.07, 6.45) is 6.26. The van der Waals surface area contributed by atoms with Crippen LogP contribution in [0, 0.1) is 10.1 Å². The van der Waals surface area contributed by atoms with Gasteiger partial charge in [0.05, 0.1) is 17.3 Å². The van der Waals surface area contributed by atoms with Crippen LogP contribution in [-0.4, -0.2) is 46.6 Å². The van der Waals surface area contributed by atoms with Gasteiger partial charge in [-0.15, -0.1) is 0 Å². The van der Waals surface area contributed by atoms with E-state index in [-0.39, 0.29) is 0 Å². The van der Waals surface area contributed by atoms with Crippen molar-refractivity contribution in [2.45, 2.75) is 4.90 Å². The van der Waals surface area contributed by atoms with Gasteiger partial charge in [-0.25, -0.2) is 4.98 Å². The molecular weight excluding hydrogens is 468 g/mol. The molecule has 0 bridgehead atoms. The van der Waals surface area contributed by atoms with E-state index in [0.717, 1.165) is 32.4 Å². The lowest BCUT2D eigenvalue weighted by Crippen LogP contribution is -2.15. The summed E-state index contributed by atoms with van der Waals surface area (Å²) in [6, 6.07) is 15.2. The van der Waals surface area contributed by atoms with E-state index in [1.807, 2.05) is 49.3 Å². The van der Waals surface area contributed by atoms with Crippen LogP contribution in [0.2, 0.25) is 0 Å². The number of nitro groups is 1. The molecule has 0 aliphatic carbocycles. The SMILES string of the molecule is CN(C)c1ccc(-c2cnc3[nH]cc(-c4cnn(S(=O)(=O)c5ccccc5[N+](=O)[O-])c4)c3c2)cc1. The summed E-state index contributed by atoms with van der Waals surface area (Å²) in [5.74, 6) is 0. The molecular formula is C24H20N6O4S. The molecule has 0 atom stereocenters. The number of aromatic nitrogens is 4. The van der Waals surface area contributed by atoms with Crippen LogP contribution in [0.5, 0.6) is 0 Å². The van der Waals surface area contributed by atoms with Gasteiger partial charge in [0.1, 0.15) is 5.65 Å². The van der Waals surface area contributed by atoms with Crippen molar-refractivity contribution in [2.24, 2.45) is 0 Å². The topological polar surface area (TPSA) is 127 Å². The monoisotopic (exact) mass is 488 g/mol. The Balaban J connectivity index is 1.55. The fraction of sp³-hybridized carbons (Fsp3) is 0.0833. The zero-order chi connectivity index (χ0) is 24.7.